The number of likely N-dealkylation sites (tertiary alicyclic amines) is 2. The molecular weight excluding hydrogens is 875 g/mol. The highest BCUT2D eigenvalue weighted by Gasteiger charge is 2.35. The quantitative estimate of drug-likeness (QED) is 0.0709. The number of nitrogens with one attached hydrogen (secondary N) is 1. The van der Waals surface area contributed by atoms with Crippen LogP contribution in [0.2, 0.25) is 0 Å². The Bertz CT molecular complexity index is 2620. The minimum absolute atomic E-state index is 0.00149. The van der Waals surface area contributed by atoms with Crippen LogP contribution in [0.3, 0.4) is 0 Å². The van der Waals surface area contributed by atoms with E-state index in [4.69, 9.17) is 9.26 Å². The van der Waals surface area contributed by atoms with Crippen molar-refractivity contribution in [3.63, 3.8) is 0 Å². The van der Waals surface area contributed by atoms with Gasteiger partial charge in [-0.1, -0.05) is 97.0 Å². The lowest BCUT2D eigenvalue weighted by atomic mass is 10.0. The number of carboxylic acids is 2. The number of aryl methyl sites for hydroxylation is 1. The van der Waals surface area contributed by atoms with E-state index in [1.807, 2.05) is 110 Å². The third-order valence-corrected chi connectivity index (χ3v) is 12.7. The van der Waals surface area contributed by atoms with E-state index in [-0.39, 0.29) is 43.2 Å². The molecule has 2 aromatic heterocycles. The van der Waals surface area contributed by atoms with Gasteiger partial charge in [-0.15, -0.1) is 0 Å². The van der Waals surface area contributed by atoms with Gasteiger partial charge in [0.1, 0.15) is 22.5 Å². The van der Waals surface area contributed by atoms with Crippen LogP contribution in [0.25, 0.3) is 11.1 Å². The van der Waals surface area contributed by atoms with Crippen LogP contribution in [0.4, 0.5) is 0 Å². The minimum atomic E-state index is -1.13. The molecule has 17 heteroatoms. The molecule has 0 bridgehead atoms. The number of carbonyl (C=O) groups is 5. The molecule has 3 N–H and O–H groups in total. The maximum Gasteiger partial charge on any atom is 0.326 e. The van der Waals surface area contributed by atoms with Gasteiger partial charge >= 0.3 is 11.9 Å². The summed E-state index contributed by atoms with van der Waals surface area (Å²) in [6.07, 6.45) is 4.90. The monoisotopic (exact) mass is 927 g/mol. The zero-order valence-corrected chi connectivity index (χ0v) is 38.1. The van der Waals surface area contributed by atoms with Crippen molar-refractivity contribution in [1.82, 2.24) is 34.6 Å². The summed E-state index contributed by atoms with van der Waals surface area (Å²) < 4.78 is 15.6. The molecule has 4 unspecified atom stereocenters. The number of aromatic nitrogens is 4. The molecule has 4 atom stereocenters. The van der Waals surface area contributed by atoms with Crippen molar-refractivity contribution in [2.24, 2.45) is 5.92 Å². The number of carboxylic acid groups (broad SMARTS) is 2. The van der Waals surface area contributed by atoms with E-state index < -0.39 is 23.9 Å². The molecule has 348 valence electrons. The fourth-order valence-electron chi connectivity index (χ4n) is 8.20. The number of nitrogens with zero attached hydrogens (tertiary/aromatic N) is 6. The van der Waals surface area contributed by atoms with Crippen molar-refractivity contribution in [1.29, 1.82) is 0 Å². The van der Waals surface area contributed by atoms with Crippen LogP contribution in [0.1, 0.15) is 90.3 Å². The molecule has 2 saturated heterocycles. The van der Waals surface area contributed by atoms with E-state index in [1.165, 1.54) is 0 Å². The van der Waals surface area contributed by atoms with Gasteiger partial charge in [-0.2, -0.15) is 9.36 Å². The number of amides is 3. The molecule has 0 saturated carbocycles. The van der Waals surface area contributed by atoms with Gasteiger partial charge in [0.15, 0.2) is 11.6 Å². The van der Waals surface area contributed by atoms with Gasteiger partial charge in [-0.05, 0) is 96.6 Å². The number of hydrogen-bond donors (Lipinski definition) is 3. The summed E-state index contributed by atoms with van der Waals surface area (Å²) in [5, 5.41) is 25.3. The van der Waals surface area contributed by atoms with Gasteiger partial charge in [0, 0.05) is 25.9 Å². The Morgan fingerprint density at radius 1 is 0.776 bits per heavy atom. The van der Waals surface area contributed by atoms with Crippen molar-refractivity contribution >= 4 is 41.7 Å². The summed E-state index contributed by atoms with van der Waals surface area (Å²) in [4.78, 5) is 71.8. The predicted octanol–water partition coefficient (Wildman–Crippen LogP) is 7.58. The Kier molecular flexibility index (Phi) is 16.2. The normalized spacial score (nSPS) is 16.4. The molecule has 0 radical (unpaired) electrons. The predicted molar refractivity (Wildman–Crippen MR) is 248 cm³/mol. The van der Waals surface area contributed by atoms with Crippen molar-refractivity contribution < 1.29 is 43.4 Å². The van der Waals surface area contributed by atoms with Gasteiger partial charge in [0.25, 0.3) is 0 Å². The lowest BCUT2D eigenvalue weighted by molar-refractivity contribution is -0.142. The first-order chi connectivity index (χ1) is 32.5. The summed E-state index contributed by atoms with van der Waals surface area (Å²) in [5.41, 5.74) is 5.14. The van der Waals surface area contributed by atoms with Crippen LogP contribution in [0.5, 0.6) is 11.5 Å². The van der Waals surface area contributed by atoms with Crippen LogP contribution in [0, 0.1) is 12.8 Å². The van der Waals surface area contributed by atoms with Crippen molar-refractivity contribution in [2.75, 3.05) is 13.1 Å². The third-order valence-electron chi connectivity index (χ3n) is 11.9. The molecule has 2 aliphatic heterocycles. The minimum Gasteiger partial charge on any atom is -0.481 e. The summed E-state index contributed by atoms with van der Waals surface area (Å²) in [5.74, 6) is 0.254. The Balaban J connectivity index is 0.000000199. The standard InChI is InChI=1S/C26H29N3O5.C24H24N4O4S/c1-3-19(26(31)32)16-23-27-25(28-34-23)21-8-6-14-29(21)24(30)15-18-10-12-20(13-11-18)33-22-9-5-4-7-17(22)2;29-15-25-19(24(31)32)14-21-26-23(27-33-21)20-7-4-12-28(20)22(30)13-16-8-10-18(11-9-16)17-5-2-1-3-6-17/h4-5,7,9-13,19,21H,3,6,8,14-16H2,1-2H3,(H,31,32);1-3,5-6,8-11,15,19-20H,4,7,12-14H2,(H,25,29)(H,31,32). The third kappa shape index (κ3) is 12.5. The summed E-state index contributed by atoms with van der Waals surface area (Å²) in [7, 11) is 0. The average molecular weight is 928 g/mol. The van der Waals surface area contributed by atoms with Gasteiger partial charge < -0.3 is 34.6 Å². The molecule has 2 fully saturated rings. The van der Waals surface area contributed by atoms with E-state index >= 15 is 0 Å². The number of rotatable bonds is 18. The fourth-order valence-corrected chi connectivity index (χ4v) is 8.94. The zero-order chi connectivity index (χ0) is 47.3. The second kappa shape index (κ2) is 22.8. The first-order valence-corrected chi connectivity index (χ1v) is 23.1. The highest BCUT2D eigenvalue weighted by molar-refractivity contribution is 7.05. The number of para-hydroxylation sites is 1. The number of aliphatic carboxylic acids is 2. The fraction of sp³-hybridized carbons (Fsp3) is 0.340. The van der Waals surface area contributed by atoms with Crippen molar-refractivity contribution in [3.05, 3.63) is 142 Å². The molecule has 8 rings (SSSR count). The zero-order valence-electron chi connectivity index (χ0n) is 37.3. The van der Waals surface area contributed by atoms with Gasteiger partial charge in [-0.25, -0.2) is 9.78 Å². The van der Waals surface area contributed by atoms with Crippen molar-refractivity contribution in [3.8, 4) is 22.6 Å². The second-order valence-electron chi connectivity index (χ2n) is 16.5. The van der Waals surface area contributed by atoms with Crippen LogP contribution in [0.15, 0.2) is 108 Å². The maximum atomic E-state index is 13.1. The Morgan fingerprint density at radius 2 is 1.37 bits per heavy atom. The first-order valence-electron chi connectivity index (χ1n) is 22.4. The largest absolute Gasteiger partial charge is 0.481 e. The Labute approximate surface area is 392 Å². The van der Waals surface area contributed by atoms with E-state index in [0.717, 1.165) is 76.5 Å². The molecule has 4 aromatic carbocycles. The maximum absolute atomic E-state index is 13.1. The molecule has 0 spiro atoms. The molecule has 2 aliphatic rings. The van der Waals surface area contributed by atoms with E-state index in [9.17, 15) is 34.2 Å². The van der Waals surface area contributed by atoms with E-state index in [2.05, 4.69) is 36.9 Å². The van der Waals surface area contributed by atoms with Crippen LogP contribution >= 0.6 is 11.5 Å². The SMILES string of the molecule is CCC(Cc1nc(C2CCCN2C(=O)Cc2ccc(Oc3ccccc3C)cc2)no1)C(=O)O.O=CNC(Cc1nc(C2CCCN2C(=O)Cc2ccc(-c3ccccc3)cc2)ns1)C(=O)O. The van der Waals surface area contributed by atoms with Crippen LogP contribution < -0.4 is 10.1 Å². The van der Waals surface area contributed by atoms with Gasteiger partial charge in [0.2, 0.25) is 24.1 Å². The Morgan fingerprint density at radius 3 is 1.97 bits per heavy atom. The number of hydrogen-bond acceptors (Lipinski definition) is 12. The lowest BCUT2D eigenvalue weighted by Gasteiger charge is -2.22. The highest BCUT2D eigenvalue weighted by Crippen LogP contribution is 2.33. The first kappa shape index (κ1) is 47.7. The molecule has 6 aromatic rings. The lowest BCUT2D eigenvalue weighted by Crippen LogP contribution is -2.37. The number of benzene rings is 4. The number of carbonyl (C=O) groups excluding carboxylic acids is 3. The molecule has 0 aliphatic carbocycles. The molecular formula is C50H53N7O9S. The van der Waals surface area contributed by atoms with E-state index in [1.54, 1.807) is 4.90 Å². The molecule has 3 amide bonds. The van der Waals surface area contributed by atoms with E-state index in [0.29, 0.717) is 54.9 Å². The average Bonchev–Trinajstić information content (AvgIpc) is 4.18. The summed E-state index contributed by atoms with van der Waals surface area (Å²) in [6, 6.07) is 32.0. The van der Waals surface area contributed by atoms with Gasteiger partial charge in [0.05, 0.1) is 30.8 Å². The topological polar surface area (TPSA) is 218 Å². The summed E-state index contributed by atoms with van der Waals surface area (Å²) in [6.45, 7) is 5.09. The van der Waals surface area contributed by atoms with Gasteiger partial charge in [-0.3, -0.25) is 19.2 Å². The smallest absolute Gasteiger partial charge is 0.326 e. The van der Waals surface area contributed by atoms with Crippen LogP contribution in [-0.4, -0.2) is 88.8 Å². The number of ether oxygens (including phenoxy) is 1. The molecule has 67 heavy (non-hydrogen) atoms. The second-order valence-corrected chi connectivity index (χ2v) is 17.4. The molecule has 16 nitrogen and oxygen atoms in total. The highest BCUT2D eigenvalue weighted by atomic mass is 32.1. The summed E-state index contributed by atoms with van der Waals surface area (Å²) >= 11 is 1.11. The van der Waals surface area contributed by atoms with Crippen molar-refractivity contribution in [2.45, 2.75) is 89.8 Å². The van der Waals surface area contributed by atoms with Crippen LogP contribution in [-0.2, 0) is 49.7 Å². The molecule has 4 heterocycles. The Hall–Kier alpha value is -7.27.